The fraction of sp³-hybridized carbons (Fsp3) is 0.611. The summed E-state index contributed by atoms with van der Waals surface area (Å²) < 4.78 is 0. The Bertz CT molecular complexity index is 740. The van der Waals surface area contributed by atoms with E-state index in [1.807, 2.05) is 41.5 Å². The van der Waals surface area contributed by atoms with E-state index in [0.717, 1.165) is 26.7 Å². The highest BCUT2D eigenvalue weighted by Crippen LogP contribution is 2.50. The van der Waals surface area contributed by atoms with Gasteiger partial charge in [0.1, 0.15) is 5.54 Å². The van der Waals surface area contributed by atoms with Gasteiger partial charge in [-0.25, -0.2) is 0 Å². The summed E-state index contributed by atoms with van der Waals surface area (Å²) in [7, 11) is 0. The molecule has 0 aliphatic carbocycles. The maximum atomic E-state index is 12.6. The van der Waals surface area contributed by atoms with Gasteiger partial charge in [0.15, 0.2) is 11.6 Å². The number of nitrogens with zero attached hydrogens (tertiary/aromatic N) is 1. The van der Waals surface area contributed by atoms with Gasteiger partial charge in [-0.05, 0) is 48.5 Å². The number of Topliss-reactive ketones (excluding diaryl/α,β-unsaturated/α-hetero) is 2. The Kier molecular flexibility index (Phi) is 3.38. The maximum Gasteiger partial charge on any atom is 0.186 e. The van der Waals surface area contributed by atoms with Gasteiger partial charge in [0.25, 0.3) is 0 Å². The van der Waals surface area contributed by atoms with Gasteiger partial charge in [-0.1, -0.05) is 11.8 Å². The second-order valence-electron chi connectivity index (χ2n) is 8.04. The molecule has 124 valence electrons. The predicted molar refractivity (Wildman–Crippen MR) is 94.8 cm³/mol. The largest absolute Gasteiger partial charge is 0.295 e. The number of carbonyl (C=O) groups is 2. The lowest BCUT2D eigenvalue weighted by molar-refractivity contribution is -0.122. The zero-order valence-electron chi connectivity index (χ0n) is 14.9. The number of ketones is 2. The number of thioether (sulfide) groups is 1. The van der Waals surface area contributed by atoms with E-state index in [1.165, 1.54) is 0 Å². The topological polar surface area (TPSA) is 58.5 Å². The SMILES string of the molecule is CC1=C2SC3=C(C)C(=O)C(C)(C)NC3(C)CC2=NC(C)(C)C1=O. The zero-order valence-corrected chi connectivity index (χ0v) is 15.7. The van der Waals surface area contributed by atoms with Crippen molar-refractivity contribution in [2.45, 2.75) is 71.5 Å². The minimum atomic E-state index is -0.698. The Balaban J connectivity index is 2.18. The van der Waals surface area contributed by atoms with Gasteiger partial charge in [0, 0.05) is 27.4 Å². The molecule has 3 aliphatic heterocycles. The van der Waals surface area contributed by atoms with Gasteiger partial charge in [-0.3, -0.25) is 19.9 Å². The Labute approximate surface area is 141 Å². The molecule has 0 aromatic heterocycles. The average Bonchev–Trinajstić information content (AvgIpc) is 2.40. The summed E-state index contributed by atoms with van der Waals surface area (Å²) in [5, 5.41) is 3.52. The molecule has 0 spiro atoms. The van der Waals surface area contributed by atoms with Crippen molar-refractivity contribution in [1.82, 2.24) is 5.32 Å². The van der Waals surface area contributed by atoms with E-state index in [-0.39, 0.29) is 17.1 Å². The van der Waals surface area contributed by atoms with Gasteiger partial charge >= 0.3 is 0 Å². The molecule has 1 unspecified atom stereocenters. The van der Waals surface area contributed by atoms with E-state index in [4.69, 9.17) is 4.99 Å². The van der Waals surface area contributed by atoms with Crippen molar-refractivity contribution in [2.24, 2.45) is 4.99 Å². The Morgan fingerprint density at radius 2 is 1.61 bits per heavy atom. The number of allylic oxidation sites excluding steroid dienone is 1. The van der Waals surface area contributed by atoms with E-state index < -0.39 is 11.1 Å². The highest BCUT2D eigenvalue weighted by Gasteiger charge is 2.51. The fourth-order valence-electron chi connectivity index (χ4n) is 4.01. The minimum Gasteiger partial charge on any atom is -0.295 e. The third-order valence-electron chi connectivity index (χ3n) is 4.98. The van der Waals surface area contributed by atoms with Gasteiger partial charge in [0.2, 0.25) is 0 Å². The fourth-order valence-corrected chi connectivity index (χ4v) is 5.29. The lowest BCUT2D eigenvalue weighted by atomic mass is 9.78. The molecular formula is C18H24N2O2S. The number of dihydropyridines is 1. The minimum absolute atomic E-state index is 0.0704. The molecule has 0 aromatic carbocycles. The van der Waals surface area contributed by atoms with Crippen LogP contribution in [0.1, 0.15) is 54.9 Å². The highest BCUT2D eigenvalue weighted by atomic mass is 32.2. The first-order valence-corrected chi connectivity index (χ1v) is 8.79. The number of fused-ring (bicyclic) bond motifs is 2. The van der Waals surface area contributed by atoms with Gasteiger partial charge in [-0.15, -0.1) is 0 Å². The molecule has 1 N–H and O–H groups in total. The molecule has 3 aliphatic rings. The van der Waals surface area contributed by atoms with Crippen molar-refractivity contribution >= 4 is 29.0 Å². The summed E-state index contributed by atoms with van der Waals surface area (Å²) >= 11 is 1.55. The zero-order chi connectivity index (χ0) is 17.4. The van der Waals surface area contributed by atoms with Crippen LogP contribution in [0.3, 0.4) is 0 Å². The number of nitrogens with one attached hydrogen (secondary N) is 1. The van der Waals surface area contributed by atoms with E-state index in [9.17, 15) is 9.59 Å². The van der Waals surface area contributed by atoms with E-state index >= 15 is 0 Å². The lowest BCUT2D eigenvalue weighted by Crippen LogP contribution is -2.64. The van der Waals surface area contributed by atoms with Crippen LogP contribution in [-0.4, -0.2) is 33.9 Å². The normalized spacial score (nSPS) is 32.6. The van der Waals surface area contributed by atoms with Gasteiger partial charge < -0.3 is 0 Å². The van der Waals surface area contributed by atoms with Crippen LogP contribution in [0.2, 0.25) is 0 Å². The third kappa shape index (κ3) is 2.28. The molecule has 4 nitrogen and oxygen atoms in total. The van der Waals surface area contributed by atoms with Crippen LogP contribution in [0.25, 0.3) is 0 Å². The van der Waals surface area contributed by atoms with E-state index in [2.05, 4.69) is 12.2 Å². The number of rotatable bonds is 0. The Hall–Kier alpha value is -1.20. The second-order valence-corrected chi connectivity index (χ2v) is 9.07. The predicted octanol–water partition coefficient (Wildman–Crippen LogP) is 3.18. The quantitative estimate of drug-likeness (QED) is 0.740. The van der Waals surface area contributed by atoms with Crippen molar-refractivity contribution in [3.8, 4) is 0 Å². The van der Waals surface area contributed by atoms with Crippen LogP contribution in [0.5, 0.6) is 0 Å². The molecule has 1 saturated heterocycles. The second kappa shape index (κ2) is 4.67. The molecule has 0 radical (unpaired) electrons. The first-order chi connectivity index (χ1) is 10.4. The van der Waals surface area contributed by atoms with Crippen LogP contribution in [0.4, 0.5) is 0 Å². The summed E-state index contributed by atoms with van der Waals surface area (Å²) in [5.41, 5.74) is 0.956. The molecule has 1 fully saturated rings. The summed E-state index contributed by atoms with van der Waals surface area (Å²) in [6, 6.07) is 0. The molecule has 0 amide bonds. The standard InChI is InChI=1S/C18H24N2O2S/c1-9-12-11(19-16(3,4)13(9)21)8-18(7)15(23-12)10(2)14(22)17(5,6)20-18/h20H,8H2,1-7H3. The van der Waals surface area contributed by atoms with Crippen molar-refractivity contribution < 1.29 is 9.59 Å². The van der Waals surface area contributed by atoms with E-state index in [1.54, 1.807) is 11.8 Å². The summed E-state index contributed by atoms with van der Waals surface area (Å²) in [6.07, 6.45) is 0.701. The van der Waals surface area contributed by atoms with Crippen LogP contribution >= 0.6 is 11.8 Å². The average molecular weight is 332 g/mol. The summed E-state index contributed by atoms with van der Waals surface area (Å²) in [5.74, 6) is 0.194. The van der Waals surface area contributed by atoms with Crippen LogP contribution < -0.4 is 5.32 Å². The van der Waals surface area contributed by atoms with Crippen molar-refractivity contribution in [2.75, 3.05) is 0 Å². The molecule has 3 rings (SSSR count). The molecule has 0 saturated carbocycles. The van der Waals surface area contributed by atoms with Crippen LogP contribution in [-0.2, 0) is 9.59 Å². The third-order valence-corrected chi connectivity index (χ3v) is 6.68. The molecular weight excluding hydrogens is 308 g/mol. The number of carbonyl (C=O) groups excluding carboxylic acids is 2. The van der Waals surface area contributed by atoms with Gasteiger partial charge in [-0.2, -0.15) is 0 Å². The van der Waals surface area contributed by atoms with Crippen LogP contribution in [0.15, 0.2) is 25.9 Å². The monoisotopic (exact) mass is 332 g/mol. The van der Waals surface area contributed by atoms with Crippen molar-refractivity contribution in [3.05, 3.63) is 21.0 Å². The first kappa shape index (κ1) is 16.7. The molecule has 0 aromatic rings. The summed E-state index contributed by atoms with van der Waals surface area (Å²) in [4.78, 5) is 31.8. The maximum absolute atomic E-state index is 12.6. The number of aliphatic imine (C=N–C) groups is 1. The Morgan fingerprint density at radius 3 is 2.22 bits per heavy atom. The number of hydrogen-bond acceptors (Lipinski definition) is 5. The first-order valence-electron chi connectivity index (χ1n) is 7.97. The Morgan fingerprint density at radius 1 is 1.00 bits per heavy atom. The molecule has 0 bridgehead atoms. The number of hydrogen-bond donors (Lipinski definition) is 1. The van der Waals surface area contributed by atoms with Crippen molar-refractivity contribution in [1.29, 1.82) is 0 Å². The molecule has 1 atom stereocenters. The summed E-state index contributed by atoms with van der Waals surface area (Å²) in [6.45, 7) is 13.5. The molecule has 23 heavy (non-hydrogen) atoms. The lowest BCUT2D eigenvalue weighted by Gasteiger charge is -2.49. The van der Waals surface area contributed by atoms with Gasteiger partial charge in [0.05, 0.1) is 16.8 Å². The van der Waals surface area contributed by atoms with Crippen molar-refractivity contribution in [3.63, 3.8) is 0 Å². The molecule has 3 heterocycles. The smallest absolute Gasteiger partial charge is 0.186 e. The van der Waals surface area contributed by atoms with Crippen LogP contribution in [0, 0.1) is 0 Å². The highest BCUT2D eigenvalue weighted by molar-refractivity contribution is 8.08. The molecule has 5 heteroatoms. The van der Waals surface area contributed by atoms with E-state index in [0.29, 0.717) is 6.42 Å².